The number of nitrogens with one attached hydrogen (secondary N) is 1. The van der Waals surface area contributed by atoms with E-state index in [2.05, 4.69) is 12.3 Å². The van der Waals surface area contributed by atoms with E-state index in [4.69, 9.17) is 5.84 Å². The quantitative estimate of drug-likeness (QED) is 0.530. The molecular formula is C12H22N2. The highest BCUT2D eigenvalue weighted by atomic mass is 15.2. The van der Waals surface area contributed by atoms with Gasteiger partial charge in [-0.15, -0.1) is 0 Å². The fourth-order valence-corrected chi connectivity index (χ4v) is 4.63. The molecule has 3 aliphatic rings. The van der Waals surface area contributed by atoms with Crippen LogP contribution in [0.2, 0.25) is 0 Å². The molecule has 3 aliphatic carbocycles. The average Bonchev–Trinajstić information content (AvgIpc) is 2.65. The van der Waals surface area contributed by atoms with Gasteiger partial charge in [-0.2, -0.15) is 0 Å². The molecule has 2 heteroatoms. The van der Waals surface area contributed by atoms with Gasteiger partial charge in [0.1, 0.15) is 0 Å². The summed E-state index contributed by atoms with van der Waals surface area (Å²) in [5.41, 5.74) is 3.06. The normalized spacial score (nSPS) is 50.6. The topological polar surface area (TPSA) is 38.0 Å². The lowest BCUT2D eigenvalue weighted by Crippen LogP contribution is -2.38. The van der Waals surface area contributed by atoms with Crippen LogP contribution in [-0.2, 0) is 0 Å². The molecule has 3 rings (SSSR count). The van der Waals surface area contributed by atoms with Crippen molar-refractivity contribution in [1.82, 2.24) is 5.43 Å². The highest BCUT2D eigenvalue weighted by molar-refractivity contribution is 5.15. The van der Waals surface area contributed by atoms with Crippen molar-refractivity contribution in [2.24, 2.45) is 35.4 Å². The maximum absolute atomic E-state index is 5.66. The molecule has 3 saturated carbocycles. The molecule has 0 heterocycles. The summed E-state index contributed by atoms with van der Waals surface area (Å²) in [6.07, 6.45) is 7.13. The van der Waals surface area contributed by atoms with Gasteiger partial charge >= 0.3 is 0 Å². The zero-order valence-electron chi connectivity index (χ0n) is 9.08. The Hall–Kier alpha value is -0.0800. The molecule has 0 saturated heterocycles. The molecule has 3 fully saturated rings. The summed E-state index contributed by atoms with van der Waals surface area (Å²) in [7, 11) is 0. The van der Waals surface area contributed by atoms with Crippen molar-refractivity contribution in [3.05, 3.63) is 0 Å². The largest absolute Gasteiger partial charge is 0.271 e. The maximum Gasteiger partial charge on any atom is 0.0244 e. The summed E-state index contributed by atoms with van der Waals surface area (Å²) >= 11 is 0. The van der Waals surface area contributed by atoms with Gasteiger partial charge in [0.05, 0.1) is 0 Å². The Morgan fingerprint density at radius 2 is 1.93 bits per heavy atom. The molecule has 80 valence electrons. The first kappa shape index (κ1) is 9.17. The first-order chi connectivity index (χ1) is 6.86. The second kappa shape index (κ2) is 3.21. The SMILES string of the molecule is CCCC(NN)C1C2C3CCC(C3)C21. The smallest absolute Gasteiger partial charge is 0.0244 e. The van der Waals surface area contributed by atoms with Crippen molar-refractivity contribution < 1.29 is 0 Å². The second-order valence-corrected chi connectivity index (χ2v) is 5.63. The minimum Gasteiger partial charge on any atom is -0.271 e. The monoisotopic (exact) mass is 194 g/mol. The van der Waals surface area contributed by atoms with Crippen molar-refractivity contribution in [3.8, 4) is 0 Å². The predicted molar refractivity (Wildman–Crippen MR) is 57.3 cm³/mol. The van der Waals surface area contributed by atoms with Crippen LogP contribution < -0.4 is 11.3 Å². The molecule has 0 aromatic carbocycles. The fourth-order valence-electron chi connectivity index (χ4n) is 4.63. The number of hydrogen-bond donors (Lipinski definition) is 2. The fraction of sp³-hybridized carbons (Fsp3) is 1.00. The second-order valence-electron chi connectivity index (χ2n) is 5.63. The van der Waals surface area contributed by atoms with E-state index in [1.807, 2.05) is 0 Å². The first-order valence-electron chi connectivity index (χ1n) is 6.33. The molecule has 0 aromatic rings. The maximum atomic E-state index is 5.66. The zero-order chi connectivity index (χ0) is 9.71. The summed E-state index contributed by atoms with van der Waals surface area (Å²) < 4.78 is 0. The van der Waals surface area contributed by atoms with E-state index in [1.54, 1.807) is 6.42 Å². The Labute approximate surface area is 86.6 Å². The molecule has 0 aliphatic heterocycles. The van der Waals surface area contributed by atoms with Crippen LogP contribution in [0, 0.1) is 29.6 Å². The molecule has 0 radical (unpaired) electrons. The van der Waals surface area contributed by atoms with Gasteiger partial charge < -0.3 is 0 Å². The Morgan fingerprint density at radius 3 is 2.43 bits per heavy atom. The Morgan fingerprint density at radius 1 is 1.29 bits per heavy atom. The molecule has 5 atom stereocenters. The minimum absolute atomic E-state index is 0.624. The van der Waals surface area contributed by atoms with E-state index in [9.17, 15) is 0 Å². The van der Waals surface area contributed by atoms with E-state index in [1.165, 1.54) is 25.7 Å². The Balaban J connectivity index is 1.66. The molecule has 2 nitrogen and oxygen atoms in total. The van der Waals surface area contributed by atoms with Crippen LogP contribution in [0.3, 0.4) is 0 Å². The van der Waals surface area contributed by atoms with E-state index in [0.717, 1.165) is 29.6 Å². The van der Waals surface area contributed by atoms with Crippen molar-refractivity contribution in [2.75, 3.05) is 0 Å². The summed E-state index contributed by atoms with van der Waals surface area (Å²) in [6.45, 7) is 2.26. The lowest BCUT2D eigenvalue weighted by atomic mass is 9.95. The van der Waals surface area contributed by atoms with E-state index in [0.29, 0.717) is 6.04 Å². The summed E-state index contributed by atoms with van der Waals surface area (Å²) in [4.78, 5) is 0. The summed E-state index contributed by atoms with van der Waals surface area (Å²) in [5.74, 6) is 10.9. The standard InChI is InChI=1S/C12H22N2/c1-2-3-9(14-13)12-10-7-4-5-8(6-7)11(10)12/h7-12,14H,2-6,13H2,1H3. The first-order valence-corrected chi connectivity index (χ1v) is 6.33. The van der Waals surface area contributed by atoms with Crippen LogP contribution >= 0.6 is 0 Å². The molecule has 0 amide bonds. The highest BCUT2D eigenvalue weighted by Gasteiger charge is 2.66. The third kappa shape index (κ3) is 1.10. The van der Waals surface area contributed by atoms with Gasteiger partial charge in [0, 0.05) is 6.04 Å². The van der Waals surface area contributed by atoms with Crippen molar-refractivity contribution >= 4 is 0 Å². The molecule has 3 N–H and O–H groups in total. The van der Waals surface area contributed by atoms with E-state index < -0.39 is 0 Å². The van der Waals surface area contributed by atoms with Crippen molar-refractivity contribution in [3.63, 3.8) is 0 Å². The van der Waals surface area contributed by atoms with Crippen LogP contribution in [0.15, 0.2) is 0 Å². The zero-order valence-corrected chi connectivity index (χ0v) is 9.08. The van der Waals surface area contributed by atoms with Gasteiger partial charge in [-0.1, -0.05) is 13.3 Å². The van der Waals surface area contributed by atoms with Gasteiger partial charge in [0.25, 0.3) is 0 Å². The Kier molecular flexibility index (Phi) is 2.10. The van der Waals surface area contributed by atoms with E-state index in [-0.39, 0.29) is 0 Å². The number of rotatable bonds is 4. The molecule has 0 aromatic heterocycles. The van der Waals surface area contributed by atoms with Crippen molar-refractivity contribution in [2.45, 2.75) is 45.1 Å². The molecule has 14 heavy (non-hydrogen) atoms. The average molecular weight is 194 g/mol. The van der Waals surface area contributed by atoms with Gasteiger partial charge in [-0.3, -0.25) is 11.3 Å². The summed E-state index contributed by atoms with van der Waals surface area (Å²) in [5, 5.41) is 0. The lowest BCUT2D eigenvalue weighted by Gasteiger charge is -2.18. The van der Waals surface area contributed by atoms with Crippen LogP contribution in [0.5, 0.6) is 0 Å². The van der Waals surface area contributed by atoms with Gasteiger partial charge in [-0.05, 0) is 55.3 Å². The van der Waals surface area contributed by atoms with Gasteiger partial charge in [-0.25, -0.2) is 0 Å². The third-order valence-electron chi connectivity index (χ3n) is 5.07. The third-order valence-corrected chi connectivity index (χ3v) is 5.07. The molecule has 0 spiro atoms. The number of hydrogen-bond acceptors (Lipinski definition) is 2. The number of fused-ring (bicyclic) bond motifs is 5. The lowest BCUT2D eigenvalue weighted by molar-refractivity contribution is 0.350. The number of nitrogens with two attached hydrogens (primary N) is 1. The van der Waals surface area contributed by atoms with Crippen LogP contribution in [0.4, 0.5) is 0 Å². The number of hydrazine groups is 1. The Bertz CT molecular complexity index is 212. The van der Waals surface area contributed by atoms with Crippen molar-refractivity contribution in [1.29, 1.82) is 0 Å². The van der Waals surface area contributed by atoms with Gasteiger partial charge in [0.2, 0.25) is 0 Å². The molecule has 2 bridgehead atoms. The van der Waals surface area contributed by atoms with Crippen LogP contribution in [0.25, 0.3) is 0 Å². The van der Waals surface area contributed by atoms with E-state index >= 15 is 0 Å². The molecular weight excluding hydrogens is 172 g/mol. The summed E-state index contributed by atoms with van der Waals surface area (Å²) in [6, 6.07) is 0.624. The molecule has 5 unspecified atom stereocenters. The highest BCUT2D eigenvalue weighted by Crippen LogP contribution is 2.70. The minimum atomic E-state index is 0.624. The predicted octanol–water partition coefficient (Wildman–Crippen LogP) is 1.91. The van der Waals surface area contributed by atoms with Crippen LogP contribution in [-0.4, -0.2) is 6.04 Å². The van der Waals surface area contributed by atoms with Crippen LogP contribution in [0.1, 0.15) is 39.0 Å². The van der Waals surface area contributed by atoms with Gasteiger partial charge in [0.15, 0.2) is 0 Å².